The predicted octanol–water partition coefficient (Wildman–Crippen LogP) is 2.43. The first-order valence-electron chi connectivity index (χ1n) is 5.88. The quantitative estimate of drug-likeness (QED) is 0.865. The van der Waals surface area contributed by atoms with Crippen LogP contribution in [0.4, 0.5) is 13.2 Å². The van der Waals surface area contributed by atoms with Crippen molar-refractivity contribution in [2.75, 3.05) is 6.61 Å². The highest BCUT2D eigenvalue weighted by molar-refractivity contribution is 5.93. The lowest BCUT2D eigenvalue weighted by Crippen LogP contribution is -2.53. The summed E-state index contributed by atoms with van der Waals surface area (Å²) in [5, 5.41) is 9.05. The van der Waals surface area contributed by atoms with Crippen LogP contribution in [0.5, 0.6) is 5.75 Å². The molecule has 1 N–H and O–H groups in total. The Morgan fingerprint density at radius 1 is 1.19 bits per heavy atom. The molecule has 0 aliphatic carbocycles. The lowest BCUT2D eigenvalue weighted by molar-refractivity contribution is -0.255. The number of alkyl halides is 3. The van der Waals surface area contributed by atoms with Crippen LogP contribution in [0.15, 0.2) is 24.3 Å². The molecular formula is C13H13F3O5. The molecule has 0 saturated heterocycles. The van der Waals surface area contributed by atoms with Crippen LogP contribution in [0.3, 0.4) is 0 Å². The average Bonchev–Trinajstić information content (AvgIpc) is 2.38. The van der Waals surface area contributed by atoms with Crippen molar-refractivity contribution in [1.29, 1.82) is 0 Å². The molecule has 0 spiro atoms. The summed E-state index contributed by atoms with van der Waals surface area (Å²) < 4.78 is 47.6. The van der Waals surface area contributed by atoms with Gasteiger partial charge in [0, 0.05) is 0 Å². The Bertz CT molecular complexity index is 524. The zero-order valence-corrected chi connectivity index (χ0v) is 11.2. The van der Waals surface area contributed by atoms with Crippen molar-refractivity contribution in [2.24, 2.45) is 0 Å². The maximum atomic E-state index is 13.0. The van der Waals surface area contributed by atoms with Gasteiger partial charge in [-0.1, -0.05) is 0 Å². The number of phenolic OH excluding ortho intramolecular Hbond substituents is 1. The van der Waals surface area contributed by atoms with E-state index >= 15 is 0 Å². The number of hydrogen-bond acceptors (Lipinski definition) is 5. The first-order valence-corrected chi connectivity index (χ1v) is 5.88. The van der Waals surface area contributed by atoms with Gasteiger partial charge in [-0.25, -0.2) is 9.59 Å². The van der Waals surface area contributed by atoms with E-state index in [0.29, 0.717) is 6.92 Å². The summed E-state index contributed by atoms with van der Waals surface area (Å²) >= 11 is 0. The van der Waals surface area contributed by atoms with Crippen LogP contribution in [-0.4, -0.2) is 35.4 Å². The van der Waals surface area contributed by atoms with Crippen molar-refractivity contribution < 1.29 is 37.3 Å². The lowest BCUT2D eigenvalue weighted by atomic mass is 10.1. The van der Waals surface area contributed by atoms with Gasteiger partial charge in [0.1, 0.15) is 5.75 Å². The molecule has 21 heavy (non-hydrogen) atoms. The van der Waals surface area contributed by atoms with Gasteiger partial charge < -0.3 is 14.6 Å². The second kappa shape index (κ2) is 6.02. The largest absolute Gasteiger partial charge is 0.508 e. The molecule has 1 rings (SSSR count). The molecule has 0 fully saturated rings. The molecule has 0 radical (unpaired) electrons. The molecule has 0 bridgehead atoms. The Balaban J connectivity index is 3.04. The molecule has 0 saturated carbocycles. The smallest absolute Gasteiger partial charge is 0.439 e. The number of rotatable bonds is 4. The minimum atomic E-state index is -5.13. The van der Waals surface area contributed by atoms with Crippen LogP contribution in [0, 0.1) is 0 Å². The zero-order chi connectivity index (χ0) is 16.3. The molecule has 1 aromatic carbocycles. The molecule has 0 aromatic heterocycles. The van der Waals surface area contributed by atoms with E-state index in [1.54, 1.807) is 0 Å². The standard InChI is InChI=1S/C13H13F3O5/c1-3-20-11(19)12(2,13(14,15)16)21-10(18)8-4-6-9(17)7-5-8/h4-7,17H,3H2,1-2H3/t12-/m1/s1. The van der Waals surface area contributed by atoms with Crippen molar-refractivity contribution in [1.82, 2.24) is 0 Å². The predicted molar refractivity (Wildman–Crippen MR) is 64.6 cm³/mol. The average molecular weight is 306 g/mol. The lowest BCUT2D eigenvalue weighted by Gasteiger charge is -2.29. The van der Waals surface area contributed by atoms with Crippen molar-refractivity contribution in [2.45, 2.75) is 25.6 Å². The molecule has 5 nitrogen and oxygen atoms in total. The highest BCUT2D eigenvalue weighted by atomic mass is 19.4. The number of esters is 2. The molecule has 0 unspecified atom stereocenters. The van der Waals surface area contributed by atoms with Gasteiger partial charge in [-0.3, -0.25) is 0 Å². The Hall–Kier alpha value is -2.25. The molecule has 0 amide bonds. The van der Waals surface area contributed by atoms with Crippen molar-refractivity contribution in [3.05, 3.63) is 29.8 Å². The van der Waals surface area contributed by atoms with E-state index in [-0.39, 0.29) is 17.9 Å². The van der Waals surface area contributed by atoms with Gasteiger partial charge in [-0.2, -0.15) is 13.2 Å². The summed E-state index contributed by atoms with van der Waals surface area (Å²) in [5.74, 6) is -3.23. The summed E-state index contributed by atoms with van der Waals surface area (Å²) in [5.41, 5.74) is -3.65. The highest BCUT2D eigenvalue weighted by Gasteiger charge is 2.61. The number of hydrogen-bond donors (Lipinski definition) is 1. The van der Waals surface area contributed by atoms with E-state index in [0.717, 1.165) is 24.3 Å². The number of halogens is 3. The number of carbonyl (C=O) groups is 2. The van der Waals surface area contributed by atoms with E-state index in [9.17, 15) is 22.8 Å². The third kappa shape index (κ3) is 3.65. The van der Waals surface area contributed by atoms with E-state index < -0.39 is 23.7 Å². The second-order valence-corrected chi connectivity index (χ2v) is 4.19. The third-order valence-electron chi connectivity index (χ3n) is 2.61. The number of phenols is 1. The molecule has 1 atom stereocenters. The van der Waals surface area contributed by atoms with E-state index in [4.69, 9.17) is 5.11 Å². The van der Waals surface area contributed by atoms with Crippen molar-refractivity contribution in [3.8, 4) is 5.75 Å². The molecule has 1 aromatic rings. The number of benzene rings is 1. The topological polar surface area (TPSA) is 72.8 Å². The normalized spacial score (nSPS) is 14.1. The van der Waals surface area contributed by atoms with Crippen LogP contribution in [-0.2, 0) is 14.3 Å². The Kier molecular flexibility index (Phi) is 4.82. The number of aromatic hydroxyl groups is 1. The van der Waals surface area contributed by atoms with Gasteiger partial charge in [0.05, 0.1) is 12.2 Å². The Morgan fingerprint density at radius 3 is 2.14 bits per heavy atom. The fourth-order valence-electron chi connectivity index (χ4n) is 1.33. The Morgan fingerprint density at radius 2 is 1.71 bits per heavy atom. The minimum Gasteiger partial charge on any atom is -0.508 e. The molecule has 8 heteroatoms. The van der Waals surface area contributed by atoms with Crippen LogP contribution in [0.25, 0.3) is 0 Å². The fraction of sp³-hybridized carbons (Fsp3) is 0.385. The summed E-state index contributed by atoms with van der Waals surface area (Å²) in [6, 6.07) is 4.34. The summed E-state index contributed by atoms with van der Waals surface area (Å²) in [6.07, 6.45) is -5.13. The highest BCUT2D eigenvalue weighted by Crippen LogP contribution is 2.35. The molecule has 116 valence electrons. The van der Waals surface area contributed by atoms with Gasteiger partial charge in [0.2, 0.25) is 0 Å². The van der Waals surface area contributed by atoms with Gasteiger partial charge in [0.25, 0.3) is 5.60 Å². The minimum absolute atomic E-state index is 0.171. The summed E-state index contributed by atoms with van der Waals surface area (Å²) in [7, 11) is 0. The molecule has 0 heterocycles. The van der Waals surface area contributed by atoms with Gasteiger partial charge in [0.15, 0.2) is 0 Å². The summed E-state index contributed by atoms with van der Waals surface area (Å²) in [6.45, 7) is 1.46. The maximum absolute atomic E-state index is 13.0. The van der Waals surface area contributed by atoms with E-state index in [1.165, 1.54) is 6.92 Å². The van der Waals surface area contributed by atoms with Gasteiger partial charge >= 0.3 is 18.1 Å². The van der Waals surface area contributed by atoms with Crippen LogP contribution >= 0.6 is 0 Å². The first kappa shape index (κ1) is 16.8. The fourth-order valence-corrected chi connectivity index (χ4v) is 1.33. The monoisotopic (exact) mass is 306 g/mol. The molecule has 0 aliphatic rings. The second-order valence-electron chi connectivity index (χ2n) is 4.19. The SMILES string of the molecule is CCOC(=O)[C@@](C)(OC(=O)c1ccc(O)cc1)C(F)(F)F. The number of ether oxygens (including phenoxy) is 2. The van der Waals surface area contributed by atoms with Crippen molar-refractivity contribution >= 4 is 11.9 Å². The maximum Gasteiger partial charge on any atom is 0.439 e. The van der Waals surface area contributed by atoms with Gasteiger partial charge in [-0.15, -0.1) is 0 Å². The molecule has 0 aliphatic heterocycles. The first-order chi connectivity index (χ1) is 9.61. The van der Waals surface area contributed by atoms with E-state index in [2.05, 4.69) is 9.47 Å². The van der Waals surface area contributed by atoms with Crippen molar-refractivity contribution in [3.63, 3.8) is 0 Å². The van der Waals surface area contributed by atoms with Crippen LogP contribution < -0.4 is 0 Å². The van der Waals surface area contributed by atoms with Gasteiger partial charge in [-0.05, 0) is 38.1 Å². The third-order valence-corrected chi connectivity index (χ3v) is 2.61. The Labute approximate surface area is 118 Å². The number of carbonyl (C=O) groups excluding carboxylic acids is 2. The zero-order valence-electron chi connectivity index (χ0n) is 11.2. The molecular weight excluding hydrogens is 293 g/mol. The van der Waals surface area contributed by atoms with Crippen LogP contribution in [0.2, 0.25) is 0 Å². The summed E-state index contributed by atoms with van der Waals surface area (Å²) in [4.78, 5) is 23.2. The van der Waals surface area contributed by atoms with E-state index in [1.807, 2.05) is 0 Å². The van der Waals surface area contributed by atoms with Crippen LogP contribution in [0.1, 0.15) is 24.2 Å².